The number of aromatic nitrogens is 3. The minimum Gasteiger partial charge on any atom is -0.493 e. The number of benzene rings is 2. The van der Waals surface area contributed by atoms with E-state index in [0.29, 0.717) is 10.7 Å². The standard InChI is InChI=1S/C19H14N4O3S2/c24-14(21-19-20-12-8-4-5-9-13(12)28-19)10-27-18-22-16(25)15(17(26)23-18)11-6-2-1-3-7-11/h1-9H,10H2,(H,20,21,24)(H2,22,23,25,26). The van der Waals surface area contributed by atoms with E-state index in [1.54, 1.807) is 24.3 Å². The maximum atomic E-state index is 12.3. The number of aromatic amines is 1. The van der Waals surface area contributed by atoms with Gasteiger partial charge in [0.15, 0.2) is 10.3 Å². The highest BCUT2D eigenvalue weighted by molar-refractivity contribution is 7.99. The van der Waals surface area contributed by atoms with Gasteiger partial charge in [0.1, 0.15) is 5.56 Å². The smallest absolute Gasteiger partial charge is 0.263 e. The number of thioether (sulfide) groups is 1. The number of H-pyrrole nitrogens is 1. The number of para-hydroxylation sites is 1. The highest BCUT2D eigenvalue weighted by atomic mass is 32.2. The summed E-state index contributed by atoms with van der Waals surface area (Å²) < 4.78 is 0.984. The average Bonchev–Trinajstić information content (AvgIpc) is 3.09. The monoisotopic (exact) mass is 410 g/mol. The molecule has 2 heterocycles. The van der Waals surface area contributed by atoms with Crippen molar-refractivity contribution in [3.63, 3.8) is 0 Å². The van der Waals surface area contributed by atoms with Gasteiger partial charge in [-0.05, 0) is 17.7 Å². The molecule has 0 radical (unpaired) electrons. The van der Waals surface area contributed by atoms with Crippen molar-refractivity contribution in [1.29, 1.82) is 0 Å². The molecule has 9 heteroatoms. The molecule has 0 spiro atoms. The number of amides is 1. The molecular formula is C19H14N4O3S2. The Bertz CT molecular complexity index is 1170. The predicted molar refractivity (Wildman–Crippen MR) is 111 cm³/mol. The lowest BCUT2D eigenvalue weighted by Crippen LogP contribution is -2.16. The Labute approximate surface area is 167 Å². The molecule has 2 aromatic carbocycles. The van der Waals surface area contributed by atoms with Crippen molar-refractivity contribution < 1.29 is 9.90 Å². The van der Waals surface area contributed by atoms with E-state index in [4.69, 9.17) is 0 Å². The van der Waals surface area contributed by atoms with E-state index in [9.17, 15) is 14.7 Å². The summed E-state index contributed by atoms with van der Waals surface area (Å²) in [5.41, 5.74) is 1.03. The second kappa shape index (κ2) is 7.83. The first-order valence-corrected chi connectivity index (χ1v) is 10.1. The van der Waals surface area contributed by atoms with Crippen LogP contribution in [0, 0.1) is 0 Å². The molecule has 0 aliphatic heterocycles. The van der Waals surface area contributed by atoms with E-state index < -0.39 is 5.56 Å². The Balaban J connectivity index is 1.44. The van der Waals surface area contributed by atoms with Crippen molar-refractivity contribution in [2.75, 3.05) is 11.1 Å². The van der Waals surface area contributed by atoms with Crippen LogP contribution in [-0.4, -0.2) is 31.7 Å². The van der Waals surface area contributed by atoms with Crippen LogP contribution in [0.15, 0.2) is 64.5 Å². The average molecular weight is 410 g/mol. The SMILES string of the molecule is O=C(CSc1nc(O)c(-c2ccccc2)c(=O)[nH]1)Nc1nc2ccccc2s1. The molecule has 0 atom stereocenters. The molecule has 0 saturated heterocycles. The van der Waals surface area contributed by atoms with Crippen LogP contribution in [0.4, 0.5) is 5.13 Å². The number of anilines is 1. The lowest BCUT2D eigenvalue weighted by Gasteiger charge is -2.06. The molecule has 0 aliphatic carbocycles. The number of nitrogens with one attached hydrogen (secondary N) is 2. The van der Waals surface area contributed by atoms with Gasteiger partial charge in [-0.1, -0.05) is 65.6 Å². The highest BCUT2D eigenvalue weighted by Gasteiger charge is 2.14. The summed E-state index contributed by atoms with van der Waals surface area (Å²) in [6.07, 6.45) is 0. The number of fused-ring (bicyclic) bond motifs is 1. The molecule has 0 fully saturated rings. The van der Waals surface area contributed by atoms with Gasteiger partial charge in [0.25, 0.3) is 5.56 Å². The summed E-state index contributed by atoms with van der Waals surface area (Å²) in [5.74, 6) is -0.634. The lowest BCUT2D eigenvalue weighted by molar-refractivity contribution is -0.113. The van der Waals surface area contributed by atoms with Crippen molar-refractivity contribution in [2.45, 2.75) is 5.16 Å². The Morgan fingerprint density at radius 2 is 1.86 bits per heavy atom. The van der Waals surface area contributed by atoms with Gasteiger partial charge in [0.2, 0.25) is 11.8 Å². The van der Waals surface area contributed by atoms with Crippen LogP contribution in [0.5, 0.6) is 5.88 Å². The van der Waals surface area contributed by atoms with Crippen molar-refractivity contribution in [3.8, 4) is 17.0 Å². The normalized spacial score (nSPS) is 10.9. The first-order chi connectivity index (χ1) is 13.6. The summed E-state index contributed by atoms with van der Waals surface area (Å²) in [5, 5.41) is 13.6. The molecular weight excluding hydrogens is 396 g/mol. The fraction of sp³-hybridized carbons (Fsp3) is 0.0526. The summed E-state index contributed by atoms with van der Waals surface area (Å²) in [7, 11) is 0. The fourth-order valence-electron chi connectivity index (χ4n) is 2.59. The molecule has 3 N–H and O–H groups in total. The maximum absolute atomic E-state index is 12.3. The number of thiazole rings is 1. The van der Waals surface area contributed by atoms with Crippen LogP contribution in [0.25, 0.3) is 21.3 Å². The van der Waals surface area contributed by atoms with E-state index >= 15 is 0 Å². The van der Waals surface area contributed by atoms with Gasteiger partial charge in [0, 0.05) is 0 Å². The summed E-state index contributed by atoms with van der Waals surface area (Å²) in [6, 6.07) is 16.4. The van der Waals surface area contributed by atoms with Gasteiger partial charge < -0.3 is 15.4 Å². The largest absolute Gasteiger partial charge is 0.493 e. The van der Waals surface area contributed by atoms with Crippen molar-refractivity contribution >= 4 is 44.4 Å². The van der Waals surface area contributed by atoms with Crippen LogP contribution < -0.4 is 10.9 Å². The van der Waals surface area contributed by atoms with Crippen LogP contribution >= 0.6 is 23.1 Å². The molecule has 2 aromatic heterocycles. The predicted octanol–water partition coefficient (Wildman–Crippen LogP) is 3.48. The molecule has 28 heavy (non-hydrogen) atoms. The molecule has 0 unspecified atom stereocenters. The number of hydrogen-bond donors (Lipinski definition) is 3. The van der Waals surface area contributed by atoms with Gasteiger partial charge in [-0.3, -0.25) is 9.59 Å². The van der Waals surface area contributed by atoms with Gasteiger partial charge in [0.05, 0.1) is 16.0 Å². The molecule has 1 amide bonds. The van der Waals surface area contributed by atoms with Gasteiger partial charge >= 0.3 is 0 Å². The Morgan fingerprint density at radius 1 is 1.11 bits per heavy atom. The number of rotatable bonds is 5. The van der Waals surface area contributed by atoms with Crippen molar-refractivity contribution in [3.05, 3.63) is 65.0 Å². The molecule has 0 bridgehead atoms. The van der Waals surface area contributed by atoms with Crippen LogP contribution in [0.2, 0.25) is 0 Å². The summed E-state index contributed by atoms with van der Waals surface area (Å²) >= 11 is 2.41. The summed E-state index contributed by atoms with van der Waals surface area (Å²) in [4.78, 5) is 35.4. The third kappa shape index (κ3) is 3.90. The number of carbonyl (C=O) groups is 1. The van der Waals surface area contributed by atoms with E-state index in [2.05, 4.69) is 20.3 Å². The fourth-order valence-corrected chi connectivity index (χ4v) is 4.13. The second-order valence-electron chi connectivity index (χ2n) is 5.76. The van der Waals surface area contributed by atoms with Crippen LogP contribution in [-0.2, 0) is 4.79 Å². The first-order valence-electron chi connectivity index (χ1n) is 8.27. The zero-order valence-electron chi connectivity index (χ0n) is 14.4. The Hall–Kier alpha value is -3.17. The van der Waals surface area contributed by atoms with E-state index in [0.717, 1.165) is 22.0 Å². The van der Waals surface area contributed by atoms with Gasteiger partial charge in [-0.25, -0.2) is 4.98 Å². The first kappa shape index (κ1) is 18.2. The molecule has 140 valence electrons. The van der Waals surface area contributed by atoms with E-state index in [1.165, 1.54) is 11.3 Å². The van der Waals surface area contributed by atoms with E-state index in [-0.39, 0.29) is 28.3 Å². The molecule has 0 aliphatic rings. The van der Waals surface area contributed by atoms with Gasteiger partial charge in [-0.2, -0.15) is 4.98 Å². The molecule has 4 aromatic rings. The minimum atomic E-state index is -0.465. The molecule has 7 nitrogen and oxygen atoms in total. The number of aromatic hydroxyl groups is 1. The number of nitrogens with zero attached hydrogens (tertiary/aromatic N) is 2. The zero-order chi connectivity index (χ0) is 19.5. The van der Waals surface area contributed by atoms with Gasteiger partial charge in [-0.15, -0.1) is 0 Å². The van der Waals surface area contributed by atoms with Crippen LogP contribution in [0.1, 0.15) is 0 Å². The number of hydrogen-bond acceptors (Lipinski definition) is 7. The Morgan fingerprint density at radius 3 is 2.61 bits per heavy atom. The van der Waals surface area contributed by atoms with Crippen molar-refractivity contribution in [2.24, 2.45) is 0 Å². The zero-order valence-corrected chi connectivity index (χ0v) is 16.0. The minimum absolute atomic E-state index is 0.0169. The Kier molecular flexibility index (Phi) is 5.09. The third-order valence-electron chi connectivity index (χ3n) is 3.82. The quantitative estimate of drug-likeness (QED) is 0.343. The molecule has 4 rings (SSSR count). The second-order valence-corrected chi connectivity index (χ2v) is 7.75. The van der Waals surface area contributed by atoms with Crippen LogP contribution in [0.3, 0.4) is 0 Å². The summed E-state index contributed by atoms with van der Waals surface area (Å²) in [6.45, 7) is 0. The van der Waals surface area contributed by atoms with E-state index in [1.807, 2.05) is 30.3 Å². The van der Waals surface area contributed by atoms with Crippen molar-refractivity contribution in [1.82, 2.24) is 15.0 Å². The third-order valence-corrected chi connectivity index (χ3v) is 5.65. The topological polar surface area (TPSA) is 108 Å². The maximum Gasteiger partial charge on any atom is 0.263 e. The number of carbonyl (C=O) groups excluding carboxylic acids is 1. The highest BCUT2D eigenvalue weighted by Crippen LogP contribution is 2.27. The lowest BCUT2D eigenvalue weighted by atomic mass is 10.1. The molecule has 0 saturated carbocycles.